The Morgan fingerprint density at radius 3 is 2.75 bits per heavy atom. The van der Waals surface area contributed by atoms with E-state index >= 15 is 0 Å². The molecule has 1 rings (SSSR count). The summed E-state index contributed by atoms with van der Waals surface area (Å²) in [5.74, 6) is -1.52. The van der Waals surface area contributed by atoms with Crippen LogP contribution in [0.25, 0.3) is 0 Å². The molecule has 1 aromatic rings. The number of benzene rings is 1. The lowest BCUT2D eigenvalue weighted by atomic mass is 10.0. The van der Waals surface area contributed by atoms with Crippen LogP contribution in [0.2, 0.25) is 0 Å². The second kappa shape index (κ2) is 5.27. The minimum atomic E-state index is -1.07. The van der Waals surface area contributed by atoms with E-state index in [9.17, 15) is 9.59 Å². The van der Waals surface area contributed by atoms with Gasteiger partial charge in [0, 0.05) is 0 Å². The van der Waals surface area contributed by atoms with Crippen molar-refractivity contribution < 1.29 is 19.4 Å². The first-order valence-electron chi connectivity index (χ1n) is 4.70. The number of carboxylic acids is 1. The average molecular weight is 223 g/mol. The van der Waals surface area contributed by atoms with Gasteiger partial charge in [-0.2, -0.15) is 0 Å². The highest BCUT2D eigenvalue weighted by Crippen LogP contribution is 2.08. The highest BCUT2D eigenvalue weighted by atomic mass is 16.5. The molecule has 0 radical (unpaired) electrons. The molecule has 0 aromatic heterocycles. The van der Waals surface area contributed by atoms with Crippen LogP contribution in [0.1, 0.15) is 15.9 Å². The first-order chi connectivity index (χ1) is 7.54. The first-order valence-corrected chi connectivity index (χ1v) is 4.70. The van der Waals surface area contributed by atoms with Crippen molar-refractivity contribution in [3.8, 4) is 0 Å². The van der Waals surface area contributed by atoms with Gasteiger partial charge in [-0.1, -0.05) is 12.1 Å². The number of carbonyl (C=O) groups is 2. The summed E-state index contributed by atoms with van der Waals surface area (Å²) < 4.78 is 4.56. The van der Waals surface area contributed by atoms with Gasteiger partial charge in [-0.3, -0.25) is 4.79 Å². The Morgan fingerprint density at radius 2 is 2.19 bits per heavy atom. The van der Waals surface area contributed by atoms with E-state index in [2.05, 4.69) is 4.74 Å². The highest BCUT2D eigenvalue weighted by Gasteiger charge is 2.13. The second-order valence-electron chi connectivity index (χ2n) is 3.34. The summed E-state index contributed by atoms with van der Waals surface area (Å²) in [4.78, 5) is 21.8. The Hall–Kier alpha value is -1.88. The fourth-order valence-corrected chi connectivity index (χ4v) is 1.28. The Labute approximate surface area is 92.8 Å². The topological polar surface area (TPSA) is 89.6 Å². The van der Waals surface area contributed by atoms with E-state index in [1.807, 2.05) is 0 Å². The summed E-state index contributed by atoms with van der Waals surface area (Å²) in [6.45, 7) is 0. The molecule has 86 valence electrons. The van der Waals surface area contributed by atoms with Crippen LogP contribution in [0, 0.1) is 0 Å². The number of esters is 1. The molecule has 0 aliphatic heterocycles. The third-order valence-electron chi connectivity index (χ3n) is 2.12. The fourth-order valence-electron chi connectivity index (χ4n) is 1.28. The Bertz CT molecular complexity index is 403. The normalized spacial score (nSPS) is 11.9. The molecule has 0 unspecified atom stereocenters. The lowest BCUT2D eigenvalue weighted by molar-refractivity contribution is -0.138. The molecule has 0 saturated carbocycles. The van der Waals surface area contributed by atoms with Gasteiger partial charge in [-0.25, -0.2) is 4.79 Å². The van der Waals surface area contributed by atoms with Crippen LogP contribution >= 0.6 is 0 Å². The molecular weight excluding hydrogens is 210 g/mol. The zero-order chi connectivity index (χ0) is 12.1. The van der Waals surface area contributed by atoms with Crippen molar-refractivity contribution in [2.75, 3.05) is 7.11 Å². The summed E-state index contributed by atoms with van der Waals surface area (Å²) in [5, 5.41) is 8.65. The lowest BCUT2D eigenvalue weighted by Gasteiger charge is -2.07. The summed E-state index contributed by atoms with van der Waals surface area (Å²) in [5.41, 5.74) is 6.47. The van der Waals surface area contributed by atoms with Crippen molar-refractivity contribution in [3.05, 3.63) is 35.4 Å². The Morgan fingerprint density at radius 1 is 1.50 bits per heavy atom. The molecule has 0 bridgehead atoms. The maximum atomic E-state index is 11.2. The molecule has 5 nitrogen and oxygen atoms in total. The van der Waals surface area contributed by atoms with Crippen LogP contribution in [0.15, 0.2) is 24.3 Å². The largest absolute Gasteiger partial charge is 0.480 e. The number of carboxylic acid groups (broad SMARTS) is 1. The van der Waals surface area contributed by atoms with Crippen LogP contribution < -0.4 is 5.73 Å². The third-order valence-corrected chi connectivity index (χ3v) is 2.12. The molecule has 3 N–H and O–H groups in total. The van der Waals surface area contributed by atoms with Crippen LogP contribution in [0.3, 0.4) is 0 Å². The molecule has 5 heteroatoms. The zero-order valence-electron chi connectivity index (χ0n) is 8.84. The van der Waals surface area contributed by atoms with Crippen LogP contribution in [0.5, 0.6) is 0 Å². The van der Waals surface area contributed by atoms with E-state index in [1.165, 1.54) is 7.11 Å². The molecule has 0 aliphatic carbocycles. The molecule has 1 aromatic carbocycles. The smallest absolute Gasteiger partial charge is 0.337 e. The van der Waals surface area contributed by atoms with E-state index in [0.29, 0.717) is 11.1 Å². The Balaban J connectivity index is 2.82. The van der Waals surface area contributed by atoms with Gasteiger partial charge in [-0.05, 0) is 24.1 Å². The van der Waals surface area contributed by atoms with Crippen molar-refractivity contribution in [1.82, 2.24) is 0 Å². The zero-order valence-corrected chi connectivity index (χ0v) is 8.84. The average Bonchev–Trinajstić information content (AvgIpc) is 2.28. The number of nitrogens with two attached hydrogens (primary N) is 1. The van der Waals surface area contributed by atoms with Crippen LogP contribution in [-0.2, 0) is 16.0 Å². The Kier molecular flexibility index (Phi) is 4.02. The van der Waals surface area contributed by atoms with E-state index in [1.54, 1.807) is 24.3 Å². The van der Waals surface area contributed by atoms with E-state index in [4.69, 9.17) is 10.8 Å². The van der Waals surface area contributed by atoms with E-state index in [-0.39, 0.29) is 6.42 Å². The molecule has 0 amide bonds. The number of rotatable bonds is 4. The van der Waals surface area contributed by atoms with Gasteiger partial charge in [0.1, 0.15) is 6.04 Å². The van der Waals surface area contributed by atoms with Crippen LogP contribution in [-0.4, -0.2) is 30.2 Å². The molecule has 0 fully saturated rings. The van der Waals surface area contributed by atoms with E-state index in [0.717, 1.165) is 0 Å². The predicted octanol–water partition coefficient (Wildman–Crippen LogP) is 0.428. The van der Waals surface area contributed by atoms with Crippen molar-refractivity contribution in [2.45, 2.75) is 12.5 Å². The van der Waals surface area contributed by atoms with Gasteiger partial charge in [0.25, 0.3) is 0 Å². The number of carbonyl (C=O) groups excluding carboxylic acids is 1. The second-order valence-corrected chi connectivity index (χ2v) is 3.34. The van der Waals surface area contributed by atoms with Gasteiger partial charge in [0.05, 0.1) is 12.7 Å². The maximum Gasteiger partial charge on any atom is 0.337 e. The van der Waals surface area contributed by atoms with Gasteiger partial charge in [0.15, 0.2) is 0 Å². The predicted molar refractivity (Wildman–Crippen MR) is 57.1 cm³/mol. The molecular formula is C11H13NO4. The number of aliphatic carboxylic acids is 1. The standard InChI is InChI=1S/C11H13NO4/c1-16-11(15)8-4-2-3-7(5-8)6-9(12)10(13)14/h2-5,9H,6,12H2,1H3,(H,13,14)/t9-/m0/s1. The van der Waals surface area contributed by atoms with Crippen molar-refractivity contribution in [1.29, 1.82) is 0 Å². The van der Waals surface area contributed by atoms with Gasteiger partial charge < -0.3 is 15.6 Å². The minimum absolute atomic E-state index is 0.181. The highest BCUT2D eigenvalue weighted by molar-refractivity contribution is 5.89. The fraction of sp³-hybridized carbons (Fsp3) is 0.273. The summed E-state index contributed by atoms with van der Waals surface area (Å²) >= 11 is 0. The van der Waals surface area contributed by atoms with Crippen LogP contribution in [0.4, 0.5) is 0 Å². The monoisotopic (exact) mass is 223 g/mol. The van der Waals surface area contributed by atoms with Crippen molar-refractivity contribution in [2.24, 2.45) is 5.73 Å². The maximum absolute atomic E-state index is 11.2. The summed E-state index contributed by atoms with van der Waals surface area (Å²) in [7, 11) is 1.29. The number of methoxy groups -OCH3 is 1. The number of ether oxygens (including phenoxy) is 1. The molecule has 0 spiro atoms. The van der Waals surface area contributed by atoms with Gasteiger partial charge >= 0.3 is 11.9 Å². The SMILES string of the molecule is COC(=O)c1cccc(C[C@H](N)C(=O)O)c1. The summed E-state index contributed by atoms with van der Waals surface area (Å²) in [6.07, 6.45) is 0.181. The first kappa shape index (κ1) is 12.2. The quantitative estimate of drug-likeness (QED) is 0.722. The van der Waals surface area contributed by atoms with Crippen molar-refractivity contribution >= 4 is 11.9 Å². The summed E-state index contributed by atoms with van der Waals surface area (Å²) in [6, 6.07) is 5.59. The molecule has 0 saturated heterocycles. The van der Waals surface area contributed by atoms with E-state index < -0.39 is 18.0 Å². The molecule has 0 aliphatic rings. The molecule has 0 heterocycles. The molecule has 1 atom stereocenters. The van der Waals surface area contributed by atoms with Crippen molar-refractivity contribution in [3.63, 3.8) is 0 Å². The number of hydrogen-bond donors (Lipinski definition) is 2. The number of hydrogen-bond acceptors (Lipinski definition) is 4. The van der Waals surface area contributed by atoms with Gasteiger partial charge in [-0.15, -0.1) is 0 Å². The van der Waals surface area contributed by atoms with Gasteiger partial charge in [0.2, 0.25) is 0 Å². The minimum Gasteiger partial charge on any atom is -0.480 e. The third kappa shape index (κ3) is 3.06. The molecule has 16 heavy (non-hydrogen) atoms. The lowest BCUT2D eigenvalue weighted by Crippen LogP contribution is -2.32.